The van der Waals surface area contributed by atoms with Gasteiger partial charge in [-0.2, -0.15) is 0 Å². The Morgan fingerprint density at radius 1 is 1.00 bits per heavy atom. The molecule has 3 aromatic rings. The minimum Gasteiger partial charge on any atom is -0.345 e. The third-order valence-corrected chi connectivity index (χ3v) is 6.14. The molecule has 2 fully saturated rings. The standard InChI is InChI=1S/C22H25N5O/c1-15-13-24-20(14-23-15)26-12-6-11-19(26)21-25-18-10-5-4-9-17(18)22(28)27(21)16-7-2-3-8-16/h4-5,9-10,13-14,16,19H,2-3,6-8,11-12H2,1H3. The molecule has 144 valence electrons. The molecule has 1 saturated carbocycles. The lowest BCUT2D eigenvalue weighted by Crippen LogP contribution is -2.34. The minimum atomic E-state index is 0.0647. The van der Waals surface area contributed by atoms with Gasteiger partial charge in [0.05, 0.1) is 35.0 Å². The van der Waals surface area contributed by atoms with Crippen LogP contribution in [0.15, 0.2) is 41.5 Å². The molecule has 1 aromatic carbocycles. The minimum absolute atomic E-state index is 0.0647. The van der Waals surface area contributed by atoms with E-state index in [1.807, 2.05) is 48.1 Å². The van der Waals surface area contributed by atoms with Gasteiger partial charge < -0.3 is 4.90 Å². The number of hydrogen-bond donors (Lipinski definition) is 0. The van der Waals surface area contributed by atoms with Crippen molar-refractivity contribution in [3.05, 3.63) is 58.5 Å². The van der Waals surface area contributed by atoms with Crippen molar-refractivity contribution in [1.29, 1.82) is 0 Å². The number of para-hydroxylation sites is 1. The second-order valence-electron chi connectivity index (χ2n) is 7.97. The zero-order valence-corrected chi connectivity index (χ0v) is 16.2. The van der Waals surface area contributed by atoms with Gasteiger partial charge in [-0.1, -0.05) is 25.0 Å². The van der Waals surface area contributed by atoms with Crippen molar-refractivity contribution in [3.63, 3.8) is 0 Å². The van der Waals surface area contributed by atoms with E-state index in [9.17, 15) is 4.79 Å². The van der Waals surface area contributed by atoms with Crippen LogP contribution in [0.25, 0.3) is 10.9 Å². The highest BCUT2D eigenvalue weighted by atomic mass is 16.1. The smallest absolute Gasteiger partial charge is 0.261 e. The molecule has 1 atom stereocenters. The lowest BCUT2D eigenvalue weighted by atomic mass is 10.1. The molecule has 0 bridgehead atoms. The van der Waals surface area contributed by atoms with E-state index in [2.05, 4.69) is 14.9 Å². The Morgan fingerprint density at radius 3 is 2.61 bits per heavy atom. The maximum Gasteiger partial charge on any atom is 0.261 e. The van der Waals surface area contributed by atoms with Crippen LogP contribution in [-0.4, -0.2) is 26.1 Å². The highest BCUT2D eigenvalue weighted by molar-refractivity contribution is 5.77. The van der Waals surface area contributed by atoms with Crippen molar-refractivity contribution in [2.45, 2.75) is 57.5 Å². The van der Waals surface area contributed by atoms with Crippen molar-refractivity contribution in [3.8, 4) is 0 Å². The average molecular weight is 375 g/mol. The number of aromatic nitrogens is 4. The number of nitrogens with zero attached hydrogens (tertiary/aromatic N) is 5. The van der Waals surface area contributed by atoms with Crippen LogP contribution in [0.1, 0.15) is 62.1 Å². The van der Waals surface area contributed by atoms with Gasteiger partial charge in [-0.15, -0.1) is 0 Å². The maximum absolute atomic E-state index is 13.5. The third kappa shape index (κ3) is 2.87. The Labute approximate surface area is 164 Å². The maximum atomic E-state index is 13.5. The van der Waals surface area contributed by atoms with E-state index >= 15 is 0 Å². The number of rotatable bonds is 3. The van der Waals surface area contributed by atoms with E-state index in [1.54, 1.807) is 0 Å². The number of hydrogen-bond acceptors (Lipinski definition) is 5. The molecule has 0 radical (unpaired) electrons. The fourth-order valence-corrected chi connectivity index (χ4v) is 4.76. The van der Waals surface area contributed by atoms with E-state index in [0.29, 0.717) is 0 Å². The van der Waals surface area contributed by atoms with E-state index in [1.165, 1.54) is 12.8 Å². The van der Waals surface area contributed by atoms with E-state index in [-0.39, 0.29) is 17.6 Å². The predicted molar refractivity (Wildman–Crippen MR) is 110 cm³/mol. The summed E-state index contributed by atoms with van der Waals surface area (Å²) in [5.41, 5.74) is 1.80. The lowest BCUT2D eigenvalue weighted by Gasteiger charge is -2.29. The van der Waals surface area contributed by atoms with Crippen molar-refractivity contribution in [2.75, 3.05) is 11.4 Å². The summed E-state index contributed by atoms with van der Waals surface area (Å²) in [6.07, 6.45) is 10.2. The Bertz CT molecular complexity index is 1050. The van der Waals surface area contributed by atoms with Crippen LogP contribution in [0.3, 0.4) is 0 Å². The fourth-order valence-electron chi connectivity index (χ4n) is 4.76. The van der Waals surface area contributed by atoms with Crippen LogP contribution >= 0.6 is 0 Å². The molecule has 0 amide bonds. The summed E-state index contributed by atoms with van der Waals surface area (Å²) in [4.78, 5) is 29.8. The number of anilines is 1. The summed E-state index contributed by atoms with van der Waals surface area (Å²) in [6, 6.07) is 8.05. The number of fused-ring (bicyclic) bond motifs is 1. The van der Waals surface area contributed by atoms with Gasteiger partial charge in [-0.3, -0.25) is 14.3 Å². The van der Waals surface area contributed by atoms with Crippen molar-refractivity contribution in [2.24, 2.45) is 0 Å². The molecule has 1 aliphatic carbocycles. The summed E-state index contributed by atoms with van der Waals surface area (Å²) in [5.74, 6) is 1.77. The van der Waals surface area contributed by atoms with Gasteiger partial charge in [0.25, 0.3) is 5.56 Å². The first-order chi connectivity index (χ1) is 13.7. The highest BCUT2D eigenvalue weighted by Crippen LogP contribution is 2.37. The van der Waals surface area contributed by atoms with Gasteiger partial charge in [0, 0.05) is 12.6 Å². The molecule has 2 aliphatic rings. The molecule has 2 aromatic heterocycles. The Morgan fingerprint density at radius 2 is 1.82 bits per heavy atom. The molecule has 0 N–H and O–H groups in total. The average Bonchev–Trinajstić information content (AvgIpc) is 3.40. The summed E-state index contributed by atoms with van der Waals surface area (Å²) >= 11 is 0. The molecule has 5 rings (SSSR count). The molecule has 28 heavy (non-hydrogen) atoms. The lowest BCUT2D eigenvalue weighted by molar-refractivity contribution is 0.454. The molecule has 6 heteroatoms. The summed E-state index contributed by atoms with van der Waals surface area (Å²) in [7, 11) is 0. The second kappa shape index (κ2) is 7.00. The van der Waals surface area contributed by atoms with Crippen molar-refractivity contribution >= 4 is 16.7 Å². The van der Waals surface area contributed by atoms with Gasteiger partial charge >= 0.3 is 0 Å². The monoisotopic (exact) mass is 375 g/mol. The number of benzene rings is 1. The summed E-state index contributed by atoms with van der Waals surface area (Å²) in [5, 5.41) is 0.720. The Balaban J connectivity index is 1.67. The molecule has 3 heterocycles. The quantitative estimate of drug-likeness (QED) is 0.693. The topological polar surface area (TPSA) is 63.9 Å². The Kier molecular flexibility index (Phi) is 4.34. The SMILES string of the molecule is Cc1cnc(N2CCCC2c2nc3ccccc3c(=O)n2C2CCCC2)cn1. The first-order valence-electron chi connectivity index (χ1n) is 10.3. The van der Waals surface area contributed by atoms with Crippen LogP contribution in [0.2, 0.25) is 0 Å². The van der Waals surface area contributed by atoms with Gasteiger partial charge in [0.15, 0.2) is 0 Å². The van der Waals surface area contributed by atoms with Gasteiger partial charge in [0.2, 0.25) is 0 Å². The zero-order chi connectivity index (χ0) is 19.1. The van der Waals surface area contributed by atoms with E-state index in [0.717, 1.165) is 60.5 Å². The molecule has 1 aliphatic heterocycles. The van der Waals surface area contributed by atoms with Crippen LogP contribution in [0.4, 0.5) is 5.82 Å². The fraction of sp³-hybridized carbons (Fsp3) is 0.455. The normalized spacial score (nSPS) is 20.3. The molecular weight excluding hydrogens is 350 g/mol. The van der Waals surface area contributed by atoms with Gasteiger partial charge in [-0.05, 0) is 44.7 Å². The largest absolute Gasteiger partial charge is 0.345 e. The zero-order valence-electron chi connectivity index (χ0n) is 16.2. The van der Waals surface area contributed by atoms with Crippen LogP contribution in [-0.2, 0) is 0 Å². The highest BCUT2D eigenvalue weighted by Gasteiger charge is 2.33. The van der Waals surface area contributed by atoms with Crippen LogP contribution < -0.4 is 10.5 Å². The van der Waals surface area contributed by atoms with Crippen LogP contribution in [0.5, 0.6) is 0 Å². The van der Waals surface area contributed by atoms with E-state index < -0.39 is 0 Å². The van der Waals surface area contributed by atoms with Gasteiger partial charge in [-0.25, -0.2) is 9.97 Å². The first-order valence-corrected chi connectivity index (χ1v) is 10.3. The molecule has 1 saturated heterocycles. The molecule has 0 spiro atoms. The number of aryl methyl sites for hydroxylation is 1. The van der Waals surface area contributed by atoms with Crippen molar-refractivity contribution < 1.29 is 0 Å². The summed E-state index contributed by atoms with van der Waals surface area (Å²) < 4.78 is 2.01. The second-order valence-corrected chi connectivity index (χ2v) is 7.97. The third-order valence-electron chi connectivity index (χ3n) is 6.14. The molecular formula is C22H25N5O. The predicted octanol–water partition coefficient (Wildman–Crippen LogP) is 3.95. The Hall–Kier alpha value is -2.76. The van der Waals surface area contributed by atoms with Crippen molar-refractivity contribution in [1.82, 2.24) is 19.5 Å². The molecule has 1 unspecified atom stereocenters. The first kappa shape index (κ1) is 17.3. The molecule has 6 nitrogen and oxygen atoms in total. The summed E-state index contributed by atoms with van der Waals surface area (Å²) in [6.45, 7) is 2.86. The van der Waals surface area contributed by atoms with Crippen LogP contribution in [0, 0.1) is 6.92 Å². The van der Waals surface area contributed by atoms with E-state index in [4.69, 9.17) is 4.98 Å². The van der Waals surface area contributed by atoms with Gasteiger partial charge in [0.1, 0.15) is 11.6 Å².